The standard InChI is InChI=1S/C6H12O.3CH4.Rf/c1-5(2)6(3)4-7;;;;/h7H,4H2,1-3H3;3*1H4;. The Morgan fingerprint density at radius 2 is 1.27 bits per heavy atom. The molecule has 0 aliphatic rings. The molecule has 0 amide bonds. The van der Waals surface area contributed by atoms with Crippen LogP contribution in [-0.4, -0.2) is 11.7 Å². The Bertz CT molecular complexity index is 83.6. The molecule has 0 unspecified atom stereocenters. The largest absolute Gasteiger partial charge is 0.392 e. The topological polar surface area (TPSA) is 20.2 Å². The zero-order chi connectivity index (χ0) is 5.86. The van der Waals surface area contributed by atoms with Crippen molar-refractivity contribution in [3.63, 3.8) is 0 Å². The first kappa shape index (κ1) is 33.2. The van der Waals surface area contributed by atoms with E-state index in [1.807, 2.05) is 20.8 Å². The molecule has 0 aliphatic heterocycles. The zero-order valence-electron chi connectivity index (χ0n) is 5.86. The minimum absolute atomic E-state index is 0. The van der Waals surface area contributed by atoms with Crippen LogP contribution in [0.15, 0.2) is 11.1 Å². The van der Waals surface area contributed by atoms with Gasteiger partial charge in [0.1, 0.15) is 0 Å². The van der Waals surface area contributed by atoms with E-state index in [0.29, 0.717) is 0 Å². The van der Waals surface area contributed by atoms with Crippen LogP contribution in [0.2, 0.25) is 0 Å². The summed E-state index contributed by atoms with van der Waals surface area (Å²) >= 11 is 0. The number of aliphatic hydroxyl groups is 1. The van der Waals surface area contributed by atoms with E-state index < -0.39 is 0 Å². The van der Waals surface area contributed by atoms with Crippen LogP contribution in [0.3, 0.4) is 0 Å². The molecule has 0 radical (unpaired) electrons. The summed E-state index contributed by atoms with van der Waals surface area (Å²) in [5, 5.41) is 8.45. The molecule has 0 heterocycles. The first-order valence-electron chi connectivity index (χ1n) is 2.42. The van der Waals surface area contributed by atoms with Crippen LogP contribution < -0.4 is 0 Å². The molecular weight excluding hydrogens is 391 g/mol. The van der Waals surface area contributed by atoms with E-state index in [9.17, 15) is 0 Å². The normalized spacial score (nSPS) is 5.45. The average molecular weight is 415 g/mol. The van der Waals surface area contributed by atoms with Crippen molar-refractivity contribution in [3.05, 3.63) is 11.1 Å². The van der Waals surface area contributed by atoms with Gasteiger partial charge >= 0.3 is 0 Å². The third kappa shape index (κ3) is 17.7. The fourth-order valence-corrected chi connectivity index (χ4v) is 0.158. The van der Waals surface area contributed by atoms with Gasteiger partial charge in [0.25, 0.3) is 0 Å². The molecule has 1 N–H and O–H groups in total. The molecule has 0 aromatic rings. The van der Waals surface area contributed by atoms with Gasteiger partial charge in [-0.05, 0) is 26.3 Å². The summed E-state index contributed by atoms with van der Waals surface area (Å²) in [6.45, 7) is 6.11. The summed E-state index contributed by atoms with van der Waals surface area (Å²) in [5.74, 6) is 0. The van der Waals surface area contributed by atoms with Crippen LogP contribution in [0.25, 0.3) is 0 Å². The van der Waals surface area contributed by atoms with Crippen LogP contribution >= 0.6 is 0 Å². The molecule has 0 aliphatic carbocycles. The van der Waals surface area contributed by atoms with Crippen molar-refractivity contribution < 1.29 is 5.11 Å². The summed E-state index contributed by atoms with van der Waals surface area (Å²) in [6.07, 6.45) is 0. The fraction of sp³-hybridized carbons (Fsp3) is 0.778. The number of rotatable bonds is 1. The Balaban J connectivity index is -0.0000000300. The minimum Gasteiger partial charge on any atom is -0.392 e. The summed E-state index contributed by atoms with van der Waals surface area (Å²) in [5.41, 5.74) is 2.28. The smallest absolute Gasteiger partial charge is 0.0641 e. The number of allylic oxidation sites excluding steroid dienone is 1. The summed E-state index contributed by atoms with van der Waals surface area (Å²) < 4.78 is 0. The average Bonchev–Trinajstić information content (AvgIpc) is 1.65. The van der Waals surface area contributed by atoms with E-state index in [2.05, 4.69) is 0 Å². The molecule has 0 spiro atoms. The van der Waals surface area contributed by atoms with Crippen molar-refractivity contribution in [1.82, 2.24) is 0 Å². The van der Waals surface area contributed by atoms with Crippen molar-refractivity contribution in [1.29, 1.82) is 0 Å². The molecule has 0 atom stereocenters. The van der Waals surface area contributed by atoms with Crippen molar-refractivity contribution in [2.24, 2.45) is 0 Å². The maximum absolute atomic E-state index is 8.45. The van der Waals surface area contributed by atoms with E-state index in [4.69, 9.17) is 5.11 Å². The Labute approximate surface area is 66.8 Å². The maximum Gasteiger partial charge on any atom is 0.0641 e. The van der Waals surface area contributed by atoms with E-state index in [0.717, 1.165) is 5.57 Å². The van der Waals surface area contributed by atoms with E-state index >= 15 is 0 Å². The number of hydrogen-bond donors (Lipinski definition) is 1. The molecule has 0 fully saturated rings. The predicted molar refractivity (Wildman–Crippen MR) is 51.3 cm³/mol. The van der Waals surface area contributed by atoms with E-state index in [1.165, 1.54) is 5.57 Å². The van der Waals surface area contributed by atoms with Gasteiger partial charge < -0.3 is 5.11 Å². The van der Waals surface area contributed by atoms with Gasteiger partial charge in [0.15, 0.2) is 0 Å². The second-order valence-corrected chi connectivity index (χ2v) is 1.94. The van der Waals surface area contributed by atoms with Gasteiger partial charge in [-0.1, -0.05) is 27.9 Å². The number of aliphatic hydroxyl groups excluding tert-OH is 1. The van der Waals surface area contributed by atoms with Crippen molar-refractivity contribution in [2.45, 2.75) is 43.1 Å². The molecule has 68 valence electrons. The molecule has 0 rings (SSSR count). The maximum atomic E-state index is 8.45. The Kier molecular flexibility index (Phi) is 48.0. The van der Waals surface area contributed by atoms with Gasteiger partial charge in [-0.15, -0.1) is 0 Å². The van der Waals surface area contributed by atoms with Crippen LogP contribution in [0.4, 0.5) is 0 Å². The van der Waals surface area contributed by atoms with Crippen molar-refractivity contribution >= 4 is 0 Å². The molecule has 0 aromatic carbocycles. The fourth-order valence-electron chi connectivity index (χ4n) is 0.158. The molecule has 0 saturated heterocycles. The van der Waals surface area contributed by atoms with Gasteiger partial charge in [0.2, 0.25) is 0 Å². The summed E-state index contributed by atoms with van der Waals surface area (Å²) in [6, 6.07) is 0. The van der Waals surface area contributed by atoms with Crippen molar-refractivity contribution in [2.75, 3.05) is 6.61 Å². The summed E-state index contributed by atoms with van der Waals surface area (Å²) in [4.78, 5) is 0. The van der Waals surface area contributed by atoms with E-state index in [1.54, 1.807) is 0 Å². The molecule has 0 saturated carbocycles. The third-order valence-corrected chi connectivity index (χ3v) is 1.09. The van der Waals surface area contributed by atoms with Crippen molar-refractivity contribution in [3.8, 4) is 0 Å². The molecule has 1 nitrogen and oxygen atoms in total. The second kappa shape index (κ2) is 15.9. The first-order valence-corrected chi connectivity index (χ1v) is 2.42. The van der Waals surface area contributed by atoms with Gasteiger partial charge in [0, 0.05) is 0 Å². The van der Waals surface area contributed by atoms with Gasteiger partial charge in [-0.25, -0.2) is 0 Å². The first-order chi connectivity index (χ1) is 3.18. The summed E-state index contributed by atoms with van der Waals surface area (Å²) in [7, 11) is 0. The monoisotopic (exact) mass is 415 g/mol. The molecule has 11 heavy (non-hydrogen) atoms. The third-order valence-electron chi connectivity index (χ3n) is 1.09. The van der Waals surface area contributed by atoms with Gasteiger partial charge in [-0.2, -0.15) is 0 Å². The number of hydrogen-bond acceptors (Lipinski definition) is 1. The Morgan fingerprint density at radius 3 is 1.27 bits per heavy atom. The van der Waals surface area contributed by atoms with Crippen LogP contribution in [0.5, 0.6) is 0 Å². The Morgan fingerprint density at radius 1 is 1.00 bits per heavy atom. The van der Waals surface area contributed by atoms with Crippen LogP contribution in [-0.2, 0) is 0 Å². The van der Waals surface area contributed by atoms with E-state index in [-0.39, 0.29) is 28.9 Å². The predicted octanol–water partition coefficient (Wildman–Crippen LogP) is 3.24. The van der Waals surface area contributed by atoms with Gasteiger partial charge in [-0.3, -0.25) is 0 Å². The van der Waals surface area contributed by atoms with Crippen LogP contribution in [0.1, 0.15) is 43.1 Å². The SMILES string of the molecule is C.C.C.CC(C)=C(C)CO.[Rf]. The molecular formula is C9H24ORf. The van der Waals surface area contributed by atoms with Gasteiger partial charge in [0.05, 0.1) is 6.61 Å². The Hall–Kier alpha value is -1.30. The zero-order valence-corrected chi connectivity index (χ0v) is 12.3. The molecule has 0 aromatic heterocycles. The quantitative estimate of drug-likeness (QED) is 0.653. The van der Waals surface area contributed by atoms with Crippen LogP contribution in [0, 0.1) is 0 Å². The second-order valence-electron chi connectivity index (χ2n) is 1.94. The molecule has 2 heteroatoms. The molecule has 0 bridgehead atoms. The minimum atomic E-state index is 0.